The van der Waals surface area contributed by atoms with Crippen LogP contribution in [0, 0.1) is 0 Å². The zero-order valence-electron chi connectivity index (χ0n) is 7.67. The third-order valence-corrected chi connectivity index (χ3v) is 1.55. The molecule has 1 aromatic heterocycles. The van der Waals surface area contributed by atoms with E-state index in [1.54, 1.807) is 19.1 Å². The largest absolute Gasteiger partial charge is 0.422 e. The summed E-state index contributed by atoms with van der Waals surface area (Å²) in [6.07, 6.45) is 3.33. The summed E-state index contributed by atoms with van der Waals surface area (Å²) in [6.45, 7) is 1.70. The normalized spacial score (nSPS) is 11.1. The number of hydrogen-bond acceptors (Lipinski definition) is 5. The Kier molecular flexibility index (Phi) is 3.60. The first-order chi connectivity index (χ1) is 6.77. The molecule has 0 atom stereocenters. The van der Waals surface area contributed by atoms with Crippen molar-refractivity contribution in [2.75, 3.05) is 0 Å². The second-order valence-electron chi connectivity index (χ2n) is 2.47. The molecule has 0 saturated carbocycles. The molecule has 1 rings (SSSR count). The number of nitrogens with zero attached hydrogens (tertiary/aromatic N) is 2. The van der Waals surface area contributed by atoms with Crippen LogP contribution in [0.3, 0.4) is 0 Å². The lowest BCUT2D eigenvalue weighted by atomic mass is 10.3. The molecule has 0 spiro atoms. The van der Waals surface area contributed by atoms with Crippen LogP contribution >= 0.6 is 0 Å². The van der Waals surface area contributed by atoms with E-state index in [4.69, 9.17) is 9.94 Å². The molecule has 14 heavy (non-hydrogen) atoms. The average molecular weight is 194 g/mol. The van der Waals surface area contributed by atoms with Crippen LogP contribution in [-0.4, -0.2) is 21.9 Å². The lowest BCUT2D eigenvalue weighted by Gasteiger charge is -2.02. The molecule has 74 valence electrons. The Hall–Kier alpha value is -1.91. The van der Waals surface area contributed by atoms with Gasteiger partial charge in [0.05, 0.1) is 0 Å². The van der Waals surface area contributed by atoms with Crippen molar-refractivity contribution in [1.82, 2.24) is 4.98 Å². The Labute approximate surface area is 81.0 Å². The fourth-order valence-electron chi connectivity index (χ4n) is 0.828. The van der Waals surface area contributed by atoms with Crippen LogP contribution in [0.2, 0.25) is 0 Å². The lowest BCUT2D eigenvalue weighted by Crippen LogP contribution is -2.19. The minimum absolute atomic E-state index is 0.0122. The summed E-state index contributed by atoms with van der Waals surface area (Å²) >= 11 is 0. The Morgan fingerprint density at radius 1 is 1.57 bits per heavy atom. The van der Waals surface area contributed by atoms with Crippen molar-refractivity contribution in [2.24, 2.45) is 5.16 Å². The van der Waals surface area contributed by atoms with E-state index >= 15 is 0 Å². The van der Waals surface area contributed by atoms with E-state index in [-0.39, 0.29) is 5.71 Å². The third kappa shape index (κ3) is 2.55. The second-order valence-corrected chi connectivity index (χ2v) is 2.47. The molecule has 0 unspecified atom stereocenters. The summed E-state index contributed by atoms with van der Waals surface area (Å²) < 4.78 is 4.89. The highest BCUT2D eigenvalue weighted by molar-refractivity contribution is 6.36. The van der Waals surface area contributed by atoms with Crippen LogP contribution in [0.5, 0.6) is 5.75 Å². The second kappa shape index (κ2) is 4.96. The van der Waals surface area contributed by atoms with Gasteiger partial charge in [0.2, 0.25) is 0 Å². The molecule has 0 saturated heterocycles. The minimum Gasteiger partial charge on any atom is -0.422 e. The Bertz CT molecular complexity index is 335. The van der Waals surface area contributed by atoms with E-state index in [9.17, 15) is 4.79 Å². The van der Waals surface area contributed by atoms with Gasteiger partial charge in [-0.05, 0) is 18.6 Å². The van der Waals surface area contributed by atoms with Crippen LogP contribution in [0.4, 0.5) is 0 Å². The summed E-state index contributed by atoms with van der Waals surface area (Å²) in [5.41, 5.74) is -0.0122. The van der Waals surface area contributed by atoms with Crippen molar-refractivity contribution < 1.29 is 14.7 Å². The van der Waals surface area contributed by atoms with E-state index in [1.807, 2.05) is 0 Å². The first kappa shape index (κ1) is 10.2. The molecule has 0 aliphatic rings. The number of ether oxygens (including phenoxy) is 1. The number of oxime groups is 1. The van der Waals surface area contributed by atoms with Gasteiger partial charge in [0, 0.05) is 12.4 Å². The van der Waals surface area contributed by atoms with Crippen molar-refractivity contribution in [3.63, 3.8) is 0 Å². The highest BCUT2D eigenvalue weighted by atomic mass is 16.5. The maximum atomic E-state index is 11.2. The van der Waals surface area contributed by atoms with Crippen LogP contribution in [0.1, 0.15) is 13.3 Å². The summed E-state index contributed by atoms with van der Waals surface area (Å²) in [4.78, 5) is 15.0. The maximum absolute atomic E-state index is 11.2. The van der Waals surface area contributed by atoms with Crippen LogP contribution < -0.4 is 4.74 Å². The maximum Gasteiger partial charge on any atom is 0.361 e. The number of hydrogen-bond donors (Lipinski definition) is 1. The van der Waals surface area contributed by atoms with E-state index in [1.165, 1.54) is 12.4 Å². The van der Waals surface area contributed by atoms with Gasteiger partial charge < -0.3 is 9.94 Å². The van der Waals surface area contributed by atoms with Crippen molar-refractivity contribution >= 4 is 11.7 Å². The van der Waals surface area contributed by atoms with Gasteiger partial charge >= 0.3 is 5.97 Å². The van der Waals surface area contributed by atoms with Crippen molar-refractivity contribution in [2.45, 2.75) is 13.3 Å². The first-order valence-corrected chi connectivity index (χ1v) is 4.11. The molecule has 0 aromatic carbocycles. The highest BCUT2D eigenvalue weighted by Gasteiger charge is 2.12. The molecular formula is C9H10N2O3. The van der Waals surface area contributed by atoms with Gasteiger partial charge in [-0.1, -0.05) is 12.1 Å². The smallest absolute Gasteiger partial charge is 0.361 e. The number of pyridine rings is 1. The number of carbonyl (C=O) groups is 1. The molecule has 0 fully saturated rings. The van der Waals surface area contributed by atoms with Gasteiger partial charge in [0.25, 0.3) is 0 Å². The zero-order valence-corrected chi connectivity index (χ0v) is 7.67. The topological polar surface area (TPSA) is 71.8 Å². The molecular weight excluding hydrogens is 184 g/mol. The molecule has 0 aliphatic carbocycles. The fraction of sp³-hybridized carbons (Fsp3) is 0.222. The molecule has 0 bridgehead atoms. The van der Waals surface area contributed by atoms with Crippen molar-refractivity contribution in [3.05, 3.63) is 24.5 Å². The Morgan fingerprint density at radius 3 is 2.71 bits per heavy atom. The predicted octanol–water partition coefficient (Wildman–Crippen LogP) is 1.23. The fourth-order valence-corrected chi connectivity index (χ4v) is 0.828. The third-order valence-electron chi connectivity index (χ3n) is 1.55. The average Bonchev–Trinajstić information content (AvgIpc) is 2.21. The van der Waals surface area contributed by atoms with Gasteiger partial charge in [-0.3, -0.25) is 4.98 Å². The molecule has 0 amide bonds. The standard InChI is InChI=1S/C9H10N2O3/c1-2-8(11-13)9(12)14-7-3-5-10-6-4-7/h3-6,13H,2H2,1H3. The first-order valence-electron chi connectivity index (χ1n) is 4.11. The monoisotopic (exact) mass is 194 g/mol. The quantitative estimate of drug-likeness (QED) is 0.340. The number of aromatic nitrogens is 1. The van der Waals surface area contributed by atoms with Gasteiger partial charge in [0.1, 0.15) is 5.75 Å². The Morgan fingerprint density at radius 2 is 2.21 bits per heavy atom. The molecule has 0 aliphatic heterocycles. The lowest BCUT2D eigenvalue weighted by molar-refractivity contribution is -0.127. The summed E-state index contributed by atoms with van der Waals surface area (Å²) in [7, 11) is 0. The molecule has 1 heterocycles. The van der Waals surface area contributed by atoms with E-state index < -0.39 is 5.97 Å². The number of carbonyl (C=O) groups excluding carboxylic acids is 1. The van der Waals surface area contributed by atoms with Gasteiger partial charge in [-0.15, -0.1) is 0 Å². The summed E-state index contributed by atoms with van der Waals surface area (Å²) in [5, 5.41) is 11.3. The predicted molar refractivity (Wildman–Crippen MR) is 49.4 cm³/mol. The number of esters is 1. The van der Waals surface area contributed by atoms with Crippen LogP contribution in [0.25, 0.3) is 0 Å². The highest BCUT2D eigenvalue weighted by Crippen LogP contribution is 2.07. The molecule has 5 heteroatoms. The van der Waals surface area contributed by atoms with E-state index in [2.05, 4.69) is 10.1 Å². The molecule has 0 radical (unpaired) electrons. The number of rotatable bonds is 3. The van der Waals surface area contributed by atoms with Crippen molar-refractivity contribution in [1.29, 1.82) is 0 Å². The Balaban J connectivity index is 2.66. The summed E-state index contributed by atoms with van der Waals surface area (Å²) in [5.74, 6) is -0.277. The van der Waals surface area contributed by atoms with Crippen LogP contribution in [0.15, 0.2) is 29.7 Å². The minimum atomic E-state index is -0.652. The van der Waals surface area contributed by atoms with Gasteiger partial charge in [-0.2, -0.15) is 0 Å². The molecule has 5 nitrogen and oxygen atoms in total. The van der Waals surface area contributed by atoms with Gasteiger partial charge in [0.15, 0.2) is 5.71 Å². The van der Waals surface area contributed by atoms with Gasteiger partial charge in [-0.25, -0.2) is 4.79 Å². The van der Waals surface area contributed by atoms with Crippen molar-refractivity contribution in [3.8, 4) is 5.75 Å². The van der Waals surface area contributed by atoms with E-state index in [0.29, 0.717) is 12.2 Å². The van der Waals surface area contributed by atoms with Crippen LogP contribution in [-0.2, 0) is 4.79 Å². The molecule has 1 aromatic rings. The zero-order chi connectivity index (χ0) is 10.4. The summed E-state index contributed by atoms with van der Waals surface area (Å²) in [6, 6.07) is 3.09. The van der Waals surface area contributed by atoms with E-state index in [0.717, 1.165) is 0 Å². The SMILES string of the molecule is CCC(=NO)C(=O)Oc1ccncc1. The molecule has 1 N–H and O–H groups in total.